The number of halogens is 1. The van der Waals surface area contributed by atoms with Crippen molar-refractivity contribution in [2.45, 2.75) is 20.4 Å². The van der Waals surface area contributed by atoms with Gasteiger partial charge in [0.15, 0.2) is 0 Å². The molecule has 1 fully saturated rings. The maximum atomic E-state index is 13.3. The molecule has 0 unspecified atom stereocenters. The lowest BCUT2D eigenvalue weighted by Gasteiger charge is -2.36. The van der Waals surface area contributed by atoms with E-state index in [1.165, 1.54) is 5.39 Å². The number of para-hydroxylation sites is 1. The standard InChI is InChI=1S/C22H24ClN3O/c1-3-26-20-10-5-4-9-19(20)16(2)21(26)22(27)25-13-11-24(12-14-25)18-8-6-7-17(23)15-18/h4-10,15H,3,11-14H2,1-2H3. The van der Waals surface area contributed by atoms with Gasteiger partial charge >= 0.3 is 0 Å². The van der Waals surface area contributed by atoms with Gasteiger partial charge < -0.3 is 14.4 Å². The van der Waals surface area contributed by atoms with Crippen LogP contribution in [-0.2, 0) is 6.54 Å². The first-order valence-electron chi connectivity index (χ1n) is 9.47. The summed E-state index contributed by atoms with van der Waals surface area (Å²) in [5.41, 5.74) is 4.16. The zero-order valence-electron chi connectivity index (χ0n) is 15.8. The summed E-state index contributed by atoms with van der Waals surface area (Å²) in [6.45, 7) is 8.02. The number of aromatic nitrogens is 1. The van der Waals surface area contributed by atoms with Gasteiger partial charge in [-0.25, -0.2) is 0 Å². The Labute approximate surface area is 164 Å². The largest absolute Gasteiger partial charge is 0.368 e. The van der Waals surface area contributed by atoms with Crippen molar-refractivity contribution in [3.05, 3.63) is 64.8 Å². The van der Waals surface area contributed by atoms with E-state index in [9.17, 15) is 4.79 Å². The highest BCUT2D eigenvalue weighted by Crippen LogP contribution is 2.27. The van der Waals surface area contributed by atoms with Crippen LogP contribution >= 0.6 is 11.6 Å². The summed E-state index contributed by atoms with van der Waals surface area (Å²) >= 11 is 6.12. The summed E-state index contributed by atoms with van der Waals surface area (Å²) in [7, 11) is 0. The minimum absolute atomic E-state index is 0.135. The number of carbonyl (C=O) groups is 1. The summed E-state index contributed by atoms with van der Waals surface area (Å²) in [4.78, 5) is 17.6. The van der Waals surface area contributed by atoms with Crippen molar-refractivity contribution in [2.24, 2.45) is 0 Å². The predicted octanol–water partition coefficient (Wildman–Crippen LogP) is 4.59. The molecular weight excluding hydrogens is 358 g/mol. The number of nitrogens with zero attached hydrogens (tertiary/aromatic N) is 3. The molecule has 1 aliphatic rings. The third-order valence-corrected chi connectivity index (χ3v) is 5.72. The monoisotopic (exact) mass is 381 g/mol. The van der Waals surface area contributed by atoms with Crippen molar-refractivity contribution >= 4 is 34.1 Å². The third kappa shape index (κ3) is 3.19. The lowest BCUT2D eigenvalue weighted by molar-refractivity contribution is 0.0735. The van der Waals surface area contributed by atoms with Crippen molar-refractivity contribution in [3.8, 4) is 0 Å². The van der Waals surface area contributed by atoms with E-state index in [1.807, 2.05) is 35.2 Å². The second-order valence-corrected chi connectivity index (χ2v) is 7.43. The van der Waals surface area contributed by atoms with Gasteiger partial charge in [-0.3, -0.25) is 4.79 Å². The van der Waals surface area contributed by atoms with Gasteiger partial charge in [0.1, 0.15) is 5.69 Å². The summed E-state index contributed by atoms with van der Waals surface area (Å²) in [6.07, 6.45) is 0. The number of piperazine rings is 1. The van der Waals surface area contributed by atoms with Gasteiger partial charge in [0, 0.05) is 54.3 Å². The molecule has 2 heterocycles. The second kappa shape index (κ2) is 7.28. The third-order valence-electron chi connectivity index (χ3n) is 5.48. The quantitative estimate of drug-likeness (QED) is 0.664. The average molecular weight is 382 g/mol. The molecular formula is C22H24ClN3O. The molecule has 1 aliphatic heterocycles. The molecule has 27 heavy (non-hydrogen) atoms. The van der Waals surface area contributed by atoms with Gasteiger partial charge in [0.05, 0.1) is 0 Å². The fourth-order valence-corrected chi connectivity index (χ4v) is 4.26. The van der Waals surface area contributed by atoms with E-state index < -0.39 is 0 Å². The molecule has 1 saturated heterocycles. The molecule has 2 aromatic carbocycles. The van der Waals surface area contributed by atoms with Crippen molar-refractivity contribution in [2.75, 3.05) is 31.1 Å². The van der Waals surface area contributed by atoms with E-state index in [-0.39, 0.29) is 5.91 Å². The molecule has 0 bridgehead atoms. The Balaban J connectivity index is 1.57. The molecule has 0 atom stereocenters. The van der Waals surface area contributed by atoms with Crippen molar-refractivity contribution in [3.63, 3.8) is 0 Å². The Hall–Kier alpha value is -2.46. The zero-order valence-corrected chi connectivity index (χ0v) is 16.5. The first-order valence-corrected chi connectivity index (χ1v) is 9.85. The number of carbonyl (C=O) groups excluding carboxylic acids is 1. The minimum atomic E-state index is 0.135. The molecule has 0 spiro atoms. The van der Waals surface area contributed by atoms with Gasteiger partial charge in [-0.1, -0.05) is 35.9 Å². The fraction of sp³-hybridized carbons (Fsp3) is 0.318. The average Bonchev–Trinajstić information content (AvgIpc) is 2.99. The molecule has 1 amide bonds. The molecule has 5 heteroatoms. The molecule has 0 radical (unpaired) electrons. The summed E-state index contributed by atoms with van der Waals surface area (Å²) in [5, 5.41) is 1.91. The maximum absolute atomic E-state index is 13.3. The Bertz CT molecular complexity index is 986. The number of aryl methyl sites for hydroxylation is 2. The number of fused-ring (bicyclic) bond motifs is 1. The highest BCUT2D eigenvalue weighted by Gasteiger charge is 2.27. The predicted molar refractivity (Wildman–Crippen MR) is 112 cm³/mol. The lowest BCUT2D eigenvalue weighted by Crippen LogP contribution is -2.49. The van der Waals surface area contributed by atoms with Crippen LogP contribution in [0, 0.1) is 6.92 Å². The molecule has 140 valence electrons. The minimum Gasteiger partial charge on any atom is -0.368 e. The van der Waals surface area contributed by atoms with E-state index in [1.54, 1.807) is 0 Å². The van der Waals surface area contributed by atoms with E-state index in [0.717, 1.165) is 60.2 Å². The number of hydrogen-bond donors (Lipinski definition) is 0. The van der Waals surface area contributed by atoms with Gasteiger partial charge in [-0.15, -0.1) is 0 Å². The highest BCUT2D eigenvalue weighted by atomic mass is 35.5. The van der Waals surface area contributed by atoms with Crippen molar-refractivity contribution < 1.29 is 4.79 Å². The SMILES string of the molecule is CCn1c(C(=O)N2CCN(c3cccc(Cl)c3)CC2)c(C)c2ccccc21. The molecule has 4 nitrogen and oxygen atoms in total. The molecule has 3 aromatic rings. The van der Waals surface area contributed by atoms with E-state index in [2.05, 4.69) is 41.5 Å². The molecule has 0 N–H and O–H groups in total. The van der Waals surface area contributed by atoms with Crippen molar-refractivity contribution in [1.82, 2.24) is 9.47 Å². The zero-order chi connectivity index (χ0) is 19.0. The highest BCUT2D eigenvalue weighted by molar-refractivity contribution is 6.30. The number of hydrogen-bond acceptors (Lipinski definition) is 2. The topological polar surface area (TPSA) is 28.5 Å². The normalized spacial score (nSPS) is 14.8. The maximum Gasteiger partial charge on any atom is 0.270 e. The molecule has 4 rings (SSSR count). The van der Waals surface area contributed by atoms with E-state index in [4.69, 9.17) is 11.6 Å². The van der Waals surface area contributed by atoms with E-state index >= 15 is 0 Å². The number of anilines is 1. The van der Waals surface area contributed by atoms with Gasteiger partial charge in [0.25, 0.3) is 5.91 Å². The summed E-state index contributed by atoms with van der Waals surface area (Å²) < 4.78 is 2.15. The summed E-state index contributed by atoms with van der Waals surface area (Å²) in [6, 6.07) is 16.2. The van der Waals surface area contributed by atoms with Crippen LogP contribution in [0.5, 0.6) is 0 Å². The van der Waals surface area contributed by atoms with Crippen LogP contribution in [0.3, 0.4) is 0 Å². The number of benzene rings is 2. The van der Waals surface area contributed by atoms with Crippen LogP contribution in [-0.4, -0.2) is 41.6 Å². The molecule has 0 saturated carbocycles. The molecule has 1 aromatic heterocycles. The molecule has 0 aliphatic carbocycles. The van der Waals surface area contributed by atoms with Crippen LogP contribution in [0.15, 0.2) is 48.5 Å². The smallest absolute Gasteiger partial charge is 0.270 e. The Morgan fingerprint density at radius 1 is 1.04 bits per heavy atom. The van der Waals surface area contributed by atoms with Gasteiger partial charge in [-0.05, 0) is 43.7 Å². The fourth-order valence-electron chi connectivity index (χ4n) is 4.07. The second-order valence-electron chi connectivity index (χ2n) is 6.99. The Morgan fingerprint density at radius 2 is 1.78 bits per heavy atom. The first kappa shape index (κ1) is 17.9. The van der Waals surface area contributed by atoms with Crippen LogP contribution < -0.4 is 4.90 Å². The van der Waals surface area contributed by atoms with E-state index in [0.29, 0.717) is 0 Å². The van der Waals surface area contributed by atoms with Crippen LogP contribution in [0.1, 0.15) is 23.0 Å². The Kier molecular flexibility index (Phi) is 4.83. The first-order chi connectivity index (χ1) is 13.1. The van der Waals surface area contributed by atoms with Crippen LogP contribution in [0.25, 0.3) is 10.9 Å². The number of rotatable bonds is 3. The van der Waals surface area contributed by atoms with Crippen LogP contribution in [0.4, 0.5) is 5.69 Å². The number of amides is 1. The van der Waals surface area contributed by atoms with Gasteiger partial charge in [0.2, 0.25) is 0 Å². The lowest BCUT2D eigenvalue weighted by atomic mass is 10.1. The van der Waals surface area contributed by atoms with Crippen molar-refractivity contribution in [1.29, 1.82) is 0 Å². The van der Waals surface area contributed by atoms with Crippen LogP contribution in [0.2, 0.25) is 5.02 Å². The Morgan fingerprint density at radius 3 is 2.48 bits per heavy atom. The van der Waals surface area contributed by atoms with Gasteiger partial charge in [-0.2, -0.15) is 0 Å². The summed E-state index contributed by atoms with van der Waals surface area (Å²) in [5.74, 6) is 0.135.